The molecule has 0 spiro atoms. The lowest BCUT2D eigenvalue weighted by molar-refractivity contribution is 0.278. The Balaban J connectivity index is 1.98. The van der Waals surface area contributed by atoms with Crippen LogP contribution in [0.15, 0.2) is 35.5 Å². The summed E-state index contributed by atoms with van der Waals surface area (Å²) in [5.41, 5.74) is 1.03. The summed E-state index contributed by atoms with van der Waals surface area (Å²) in [5, 5.41) is 14.8. The van der Waals surface area contributed by atoms with Gasteiger partial charge in [0, 0.05) is 12.1 Å². The Morgan fingerprint density at radius 3 is 2.65 bits per heavy atom. The summed E-state index contributed by atoms with van der Waals surface area (Å²) in [7, 11) is -3.74. The first kappa shape index (κ1) is 14.6. The Labute approximate surface area is 115 Å². The zero-order valence-corrected chi connectivity index (χ0v) is 11.3. The first-order valence-electron chi connectivity index (χ1n) is 5.90. The molecule has 1 heterocycles. The topological polar surface area (TPSA) is 95.1 Å². The van der Waals surface area contributed by atoms with Crippen molar-refractivity contribution in [2.45, 2.75) is 18.1 Å². The molecule has 0 saturated heterocycles. The molecule has 0 fully saturated rings. The van der Waals surface area contributed by atoms with E-state index >= 15 is 0 Å². The van der Waals surface area contributed by atoms with Crippen molar-refractivity contribution in [1.29, 1.82) is 0 Å². The largest absolute Gasteiger partial charge is 0.392 e. The molecule has 20 heavy (non-hydrogen) atoms. The summed E-state index contributed by atoms with van der Waals surface area (Å²) in [5.74, 6) is -0.334. The zero-order valence-electron chi connectivity index (χ0n) is 10.5. The van der Waals surface area contributed by atoms with Crippen LogP contribution in [0.25, 0.3) is 0 Å². The third-order valence-electron chi connectivity index (χ3n) is 2.74. The molecule has 0 amide bonds. The number of sulfonamides is 1. The number of nitrogens with one attached hydrogen (secondary N) is 2. The molecule has 0 saturated carbocycles. The van der Waals surface area contributed by atoms with Crippen molar-refractivity contribution in [3.63, 3.8) is 0 Å². The molecule has 0 aliphatic rings. The van der Waals surface area contributed by atoms with Crippen molar-refractivity contribution in [2.24, 2.45) is 0 Å². The first-order valence-corrected chi connectivity index (χ1v) is 7.38. The number of hydrogen-bond acceptors (Lipinski definition) is 4. The fourth-order valence-electron chi connectivity index (χ4n) is 1.70. The molecule has 8 heteroatoms. The minimum atomic E-state index is -3.74. The number of aromatic nitrogens is 2. The van der Waals surface area contributed by atoms with Crippen molar-refractivity contribution in [3.8, 4) is 0 Å². The van der Waals surface area contributed by atoms with E-state index in [2.05, 4.69) is 14.9 Å². The number of aromatic amines is 1. The average Bonchev–Trinajstić information content (AvgIpc) is 2.90. The van der Waals surface area contributed by atoms with Crippen LogP contribution in [0.1, 0.15) is 11.1 Å². The van der Waals surface area contributed by atoms with Gasteiger partial charge < -0.3 is 5.11 Å². The number of nitrogens with zero attached hydrogens (tertiary/aromatic N) is 1. The fourth-order valence-corrected chi connectivity index (χ4v) is 2.85. The highest BCUT2D eigenvalue weighted by Gasteiger charge is 2.19. The molecule has 0 unspecified atom stereocenters. The van der Waals surface area contributed by atoms with Crippen LogP contribution in [0, 0.1) is 5.82 Å². The molecule has 3 N–H and O–H groups in total. The Morgan fingerprint density at radius 1 is 1.30 bits per heavy atom. The van der Waals surface area contributed by atoms with E-state index in [0.29, 0.717) is 6.42 Å². The lowest BCUT2D eigenvalue weighted by atomic mass is 10.1. The Kier molecular flexibility index (Phi) is 4.48. The fraction of sp³-hybridized carbons (Fsp3) is 0.250. The average molecular weight is 299 g/mol. The van der Waals surface area contributed by atoms with Crippen LogP contribution in [-0.2, 0) is 23.1 Å². The summed E-state index contributed by atoms with van der Waals surface area (Å²) >= 11 is 0. The monoisotopic (exact) mass is 299 g/mol. The van der Waals surface area contributed by atoms with E-state index in [1.165, 1.54) is 18.3 Å². The predicted octanol–water partition coefficient (Wildman–Crippen LogP) is 0.562. The zero-order chi connectivity index (χ0) is 14.6. The van der Waals surface area contributed by atoms with Crippen LogP contribution in [0.3, 0.4) is 0 Å². The van der Waals surface area contributed by atoms with E-state index < -0.39 is 16.6 Å². The Bertz CT molecular complexity index is 668. The van der Waals surface area contributed by atoms with Gasteiger partial charge in [-0.15, -0.1) is 0 Å². The van der Waals surface area contributed by atoms with E-state index in [1.54, 1.807) is 12.1 Å². The molecule has 1 aromatic carbocycles. The Morgan fingerprint density at radius 2 is 2.00 bits per heavy atom. The molecular weight excluding hydrogens is 285 g/mol. The smallest absolute Gasteiger partial charge is 0.257 e. The van der Waals surface area contributed by atoms with Crippen molar-refractivity contribution in [2.75, 3.05) is 6.54 Å². The van der Waals surface area contributed by atoms with Crippen LogP contribution in [0.2, 0.25) is 0 Å². The third kappa shape index (κ3) is 3.41. The molecule has 6 nitrogen and oxygen atoms in total. The number of halogens is 1. The van der Waals surface area contributed by atoms with E-state index in [-0.39, 0.29) is 23.0 Å². The molecule has 0 aliphatic carbocycles. The van der Waals surface area contributed by atoms with Crippen molar-refractivity contribution in [1.82, 2.24) is 14.9 Å². The van der Waals surface area contributed by atoms with Gasteiger partial charge in [0.05, 0.1) is 12.8 Å². The molecule has 0 atom stereocenters. The highest BCUT2D eigenvalue weighted by Crippen LogP contribution is 2.11. The number of aliphatic hydroxyl groups is 1. The maximum atomic E-state index is 12.7. The van der Waals surface area contributed by atoms with Crippen molar-refractivity contribution >= 4 is 10.0 Å². The van der Waals surface area contributed by atoms with E-state index in [0.717, 1.165) is 5.56 Å². The quantitative estimate of drug-likeness (QED) is 0.726. The normalized spacial score (nSPS) is 11.7. The molecule has 2 aromatic rings. The highest BCUT2D eigenvalue weighted by molar-refractivity contribution is 7.89. The van der Waals surface area contributed by atoms with Crippen molar-refractivity contribution < 1.29 is 17.9 Å². The minimum absolute atomic E-state index is 0.140. The van der Waals surface area contributed by atoms with Crippen LogP contribution in [0.4, 0.5) is 4.39 Å². The molecule has 2 rings (SSSR count). The summed E-state index contributed by atoms with van der Waals surface area (Å²) in [6.07, 6.45) is 1.69. The standard InChI is InChI=1S/C12H14FN3O3S/c13-11-3-1-9(2-4-11)5-6-15-20(18,19)12-10(8-17)7-14-16-12/h1-4,7,15,17H,5-6,8H2,(H,14,16). The molecule has 0 radical (unpaired) electrons. The van der Waals surface area contributed by atoms with Gasteiger partial charge in [0.15, 0.2) is 5.03 Å². The number of benzene rings is 1. The van der Waals surface area contributed by atoms with Gasteiger partial charge in [0.1, 0.15) is 5.82 Å². The Hall–Kier alpha value is -1.77. The van der Waals surface area contributed by atoms with E-state index in [1.807, 2.05) is 0 Å². The molecule has 1 aromatic heterocycles. The summed E-state index contributed by atoms with van der Waals surface area (Å²) in [4.78, 5) is 0. The third-order valence-corrected chi connectivity index (χ3v) is 4.21. The van der Waals surface area contributed by atoms with Crippen LogP contribution in [-0.4, -0.2) is 30.3 Å². The molecular formula is C12H14FN3O3S. The molecule has 108 valence electrons. The van der Waals surface area contributed by atoms with Gasteiger partial charge in [-0.2, -0.15) is 5.10 Å². The lowest BCUT2D eigenvalue weighted by Crippen LogP contribution is -2.27. The SMILES string of the molecule is O=S(=O)(NCCc1ccc(F)cc1)c1[nH]ncc1CO. The van der Waals surface area contributed by atoms with Gasteiger partial charge >= 0.3 is 0 Å². The predicted molar refractivity (Wildman–Crippen MR) is 69.8 cm³/mol. The lowest BCUT2D eigenvalue weighted by Gasteiger charge is -2.06. The second-order valence-corrected chi connectivity index (χ2v) is 5.86. The van der Waals surface area contributed by atoms with Gasteiger partial charge in [-0.1, -0.05) is 12.1 Å². The first-order chi connectivity index (χ1) is 9.53. The number of aliphatic hydroxyl groups excluding tert-OH is 1. The van der Waals surface area contributed by atoms with Crippen LogP contribution >= 0.6 is 0 Å². The highest BCUT2D eigenvalue weighted by atomic mass is 32.2. The van der Waals surface area contributed by atoms with Crippen LogP contribution in [0.5, 0.6) is 0 Å². The maximum Gasteiger partial charge on any atom is 0.257 e. The summed E-state index contributed by atoms with van der Waals surface area (Å²) in [6, 6.07) is 5.84. The summed E-state index contributed by atoms with van der Waals surface area (Å²) < 4.78 is 39.0. The van der Waals surface area contributed by atoms with Crippen molar-refractivity contribution in [3.05, 3.63) is 47.4 Å². The number of H-pyrrole nitrogens is 1. The van der Waals surface area contributed by atoms with E-state index in [4.69, 9.17) is 5.11 Å². The number of rotatable bonds is 6. The van der Waals surface area contributed by atoms with Crippen LogP contribution < -0.4 is 4.72 Å². The maximum absolute atomic E-state index is 12.7. The van der Waals surface area contributed by atoms with E-state index in [9.17, 15) is 12.8 Å². The van der Waals surface area contributed by atoms with Gasteiger partial charge in [-0.05, 0) is 24.1 Å². The minimum Gasteiger partial charge on any atom is -0.392 e. The number of hydrogen-bond donors (Lipinski definition) is 3. The second kappa shape index (κ2) is 6.12. The molecule has 0 bridgehead atoms. The van der Waals surface area contributed by atoms with Gasteiger partial charge in [0.25, 0.3) is 10.0 Å². The molecule has 0 aliphatic heterocycles. The van der Waals surface area contributed by atoms with Gasteiger partial charge in [-0.25, -0.2) is 17.5 Å². The summed E-state index contributed by atoms with van der Waals surface area (Å²) in [6.45, 7) is -0.247. The van der Waals surface area contributed by atoms with Gasteiger partial charge in [-0.3, -0.25) is 5.10 Å². The second-order valence-electron chi connectivity index (χ2n) is 4.16. The van der Waals surface area contributed by atoms with Gasteiger partial charge in [0.2, 0.25) is 0 Å².